The Hall–Kier alpha value is -1.24. The van der Waals surface area contributed by atoms with Crippen LogP contribution in [0.25, 0.3) is 0 Å². The van der Waals surface area contributed by atoms with Gasteiger partial charge in [0.1, 0.15) is 6.04 Å². The summed E-state index contributed by atoms with van der Waals surface area (Å²) in [5, 5.41) is 6.44. The van der Waals surface area contributed by atoms with E-state index in [4.69, 9.17) is 0 Å². The second-order valence-electron chi connectivity index (χ2n) is 8.15. The fourth-order valence-corrected chi connectivity index (χ4v) is 4.56. The van der Waals surface area contributed by atoms with Crippen LogP contribution in [-0.4, -0.2) is 53.5 Å². The highest BCUT2D eigenvalue weighted by Crippen LogP contribution is 2.26. The Morgan fingerprint density at radius 1 is 1.15 bits per heavy atom. The average Bonchev–Trinajstić information content (AvgIpc) is 3.11. The summed E-state index contributed by atoms with van der Waals surface area (Å²) in [7, 11) is 0. The van der Waals surface area contributed by atoms with Crippen molar-refractivity contribution in [2.45, 2.75) is 51.1 Å². The van der Waals surface area contributed by atoms with Crippen molar-refractivity contribution in [1.29, 1.82) is 0 Å². The zero-order valence-corrected chi connectivity index (χ0v) is 17.9. The fraction of sp³-hybridized carbons (Fsp3) is 0.600. The summed E-state index contributed by atoms with van der Waals surface area (Å²) in [5.74, 6) is 1.18. The molecule has 2 amide bonds. The Balaban J connectivity index is 0.00000261. The molecule has 0 bridgehead atoms. The SMILES string of the molecule is CC(C)(C)c1ccc(C(=O)N2CSCC2C(=O)NC2CCNCC2)cc1.Cl. The standard InChI is InChI=1S/C20H29N3O2S.ClH/c1-20(2,3)15-6-4-14(5-7-15)19(25)23-13-26-12-17(23)18(24)22-16-8-10-21-11-9-16;/h4-7,16-17,21H,8-13H2,1-3H3,(H,22,24);1H. The highest BCUT2D eigenvalue weighted by Gasteiger charge is 2.36. The van der Waals surface area contributed by atoms with Gasteiger partial charge in [-0.05, 0) is 49.0 Å². The van der Waals surface area contributed by atoms with Crippen LogP contribution in [0.2, 0.25) is 0 Å². The number of amides is 2. The van der Waals surface area contributed by atoms with Gasteiger partial charge in [0.05, 0.1) is 5.88 Å². The quantitative estimate of drug-likeness (QED) is 0.802. The Labute approximate surface area is 172 Å². The van der Waals surface area contributed by atoms with E-state index >= 15 is 0 Å². The molecule has 0 aromatic heterocycles. The maximum atomic E-state index is 12.9. The molecule has 0 spiro atoms. The van der Waals surface area contributed by atoms with Gasteiger partial charge in [-0.1, -0.05) is 32.9 Å². The number of nitrogens with one attached hydrogen (secondary N) is 2. The van der Waals surface area contributed by atoms with E-state index in [0.717, 1.165) is 25.9 Å². The van der Waals surface area contributed by atoms with Crippen LogP contribution in [0.15, 0.2) is 24.3 Å². The third kappa shape index (κ3) is 5.39. The Bertz CT molecular complexity index is 654. The van der Waals surface area contributed by atoms with E-state index in [9.17, 15) is 9.59 Å². The first-order valence-corrected chi connectivity index (χ1v) is 10.5. The zero-order valence-electron chi connectivity index (χ0n) is 16.3. The number of carbonyl (C=O) groups is 2. The predicted octanol–water partition coefficient (Wildman–Crippen LogP) is 2.79. The van der Waals surface area contributed by atoms with Crippen LogP contribution in [0.1, 0.15) is 49.5 Å². The Kier molecular flexibility index (Phi) is 7.60. The van der Waals surface area contributed by atoms with Gasteiger partial charge in [0.15, 0.2) is 0 Å². The van der Waals surface area contributed by atoms with Gasteiger partial charge in [-0.2, -0.15) is 0 Å². The molecule has 27 heavy (non-hydrogen) atoms. The average molecular weight is 412 g/mol. The van der Waals surface area contributed by atoms with Crippen molar-refractivity contribution in [3.63, 3.8) is 0 Å². The summed E-state index contributed by atoms with van der Waals surface area (Å²) in [6.45, 7) is 8.34. The Morgan fingerprint density at radius 3 is 2.37 bits per heavy atom. The van der Waals surface area contributed by atoms with E-state index in [2.05, 4.69) is 31.4 Å². The topological polar surface area (TPSA) is 61.4 Å². The van der Waals surface area contributed by atoms with Crippen LogP contribution in [0.4, 0.5) is 0 Å². The minimum atomic E-state index is -0.371. The van der Waals surface area contributed by atoms with Gasteiger partial charge in [0.2, 0.25) is 5.91 Å². The molecule has 1 aromatic carbocycles. The Morgan fingerprint density at radius 2 is 1.78 bits per heavy atom. The van der Waals surface area contributed by atoms with E-state index in [1.165, 1.54) is 5.56 Å². The number of benzene rings is 1. The van der Waals surface area contributed by atoms with Crippen LogP contribution in [-0.2, 0) is 10.2 Å². The number of carbonyl (C=O) groups excluding carboxylic acids is 2. The molecule has 2 aliphatic heterocycles. The van der Waals surface area contributed by atoms with Gasteiger partial charge in [0.25, 0.3) is 5.91 Å². The molecular weight excluding hydrogens is 382 g/mol. The van der Waals surface area contributed by atoms with Crippen molar-refractivity contribution in [3.8, 4) is 0 Å². The van der Waals surface area contributed by atoms with Gasteiger partial charge in [-0.25, -0.2) is 0 Å². The lowest BCUT2D eigenvalue weighted by molar-refractivity contribution is -0.125. The highest BCUT2D eigenvalue weighted by molar-refractivity contribution is 7.99. The monoisotopic (exact) mass is 411 g/mol. The van der Waals surface area contributed by atoms with Crippen molar-refractivity contribution in [2.24, 2.45) is 0 Å². The third-order valence-electron chi connectivity index (χ3n) is 5.13. The molecule has 2 saturated heterocycles. The van der Waals surface area contributed by atoms with Crippen molar-refractivity contribution in [1.82, 2.24) is 15.5 Å². The molecule has 5 nitrogen and oxygen atoms in total. The number of nitrogens with zero attached hydrogens (tertiary/aromatic N) is 1. The first kappa shape index (κ1) is 22.1. The maximum Gasteiger partial charge on any atom is 0.255 e. The van der Waals surface area contributed by atoms with Crippen LogP contribution in [0.5, 0.6) is 0 Å². The molecule has 2 fully saturated rings. The predicted molar refractivity (Wildman–Crippen MR) is 114 cm³/mol. The fourth-order valence-electron chi connectivity index (χ4n) is 3.40. The summed E-state index contributed by atoms with van der Waals surface area (Å²) < 4.78 is 0. The number of thioether (sulfide) groups is 1. The zero-order chi connectivity index (χ0) is 18.7. The first-order valence-electron chi connectivity index (χ1n) is 9.36. The number of hydrogen-bond acceptors (Lipinski definition) is 4. The largest absolute Gasteiger partial charge is 0.351 e. The van der Waals surface area contributed by atoms with Gasteiger partial charge < -0.3 is 15.5 Å². The van der Waals surface area contributed by atoms with Gasteiger partial charge >= 0.3 is 0 Å². The van der Waals surface area contributed by atoms with Crippen LogP contribution < -0.4 is 10.6 Å². The van der Waals surface area contributed by atoms with E-state index in [1.807, 2.05) is 24.3 Å². The van der Waals surface area contributed by atoms with Crippen molar-refractivity contribution in [2.75, 3.05) is 24.7 Å². The lowest BCUT2D eigenvalue weighted by atomic mass is 9.86. The molecule has 0 aliphatic carbocycles. The molecule has 2 aliphatic rings. The maximum absolute atomic E-state index is 12.9. The molecule has 2 N–H and O–H groups in total. The van der Waals surface area contributed by atoms with Gasteiger partial charge in [-0.3, -0.25) is 9.59 Å². The molecule has 3 rings (SSSR count). The van der Waals surface area contributed by atoms with Crippen molar-refractivity contribution < 1.29 is 9.59 Å². The molecule has 7 heteroatoms. The molecule has 0 saturated carbocycles. The van der Waals surface area contributed by atoms with Crippen LogP contribution in [0.3, 0.4) is 0 Å². The number of halogens is 1. The van der Waals surface area contributed by atoms with E-state index in [1.54, 1.807) is 16.7 Å². The lowest BCUT2D eigenvalue weighted by Gasteiger charge is -2.28. The smallest absolute Gasteiger partial charge is 0.255 e. The highest BCUT2D eigenvalue weighted by atomic mass is 35.5. The number of hydrogen-bond donors (Lipinski definition) is 2. The van der Waals surface area contributed by atoms with E-state index < -0.39 is 0 Å². The summed E-state index contributed by atoms with van der Waals surface area (Å²) in [5.41, 5.74) is 1.91. The van der Waals surface area contributed by atoms with Crippen molar-refractivity contribution >= 4 is 36.0 Å². The van der Waals surface area contributed by atoms with Crippen molar-refractivity contribution in [3.05, 3.63) is 35.4 Å². The minimum Gasteiger partial charge on any atom is -0.351 e. The summed E-state index contributed by atoms with van der Waals surface area (Å²) in [4.78, 5) is 27.4. The first-order chi connectivity index (χ1) is 12.4. The lowest BCUT2D eigenvalue weighted by Crippen LogP contribution is -2.51. The summed E-state index contributed by atoms with van der Waals surface area (Å²) >= 11 is 1.64. The second kappa shape index (κ2) is 9.30. The van der Waals surface area contributed by atoms with E-state index in [0.29, 0.717) is 17.2 Å². The molecule has 1 atom stereocenters. The van der Waals surface area contributed by atoms with E-state index in [-0.39, 0.29) is 41.7 Å². The second-order valence-corrected chi connectivity index (χ2v) is 9.15. The minimum absolute atomic E-state index is 0. The van der Waals surface area contributed by atoms with Gasteiger partial charge in [-0.15, -0.1) is 24.2 Å². The van der Waals surface area contributed by atoms with Crippen LogP contribution in [0, 0.1) is 0 Å². The molecule has 1 unspecified atom stereocenters. The number of piperidine rings is 1. The van der Waals surface area contributed by atoms with Gasteiger partial charge in [0, 0.05) is 17.4 Å². The summed E-state index contributed by atoms with van der Waals surface area (Å²) in [6, 6.07) is 7.64. The molecule has 2 heterocycles. The molecule has 150 valence electrons. The summed E-state index contributed by atoms with van der Waals surface area (Å²) in [6.07, 6.45) is 1.90. The molecule has 1 aromatic rings. The van der Waals surface area contributed by atoms with Crippen LogP contribution >= 0.6 is 24.2 Å². The normalized spacial score (nSPS) is 20.9. The molecule has 0 radical (unpaired) electrons. The molecular formula is C20H30ClN3O2S. The number of rotatable bonds is 3. The third-order valence-corrected chi connectivity index (χ3v) is 6.14.